The molecule has 0 fully saturated rings. The first-order chi connectivity index (χ1) is 6.65. The van der Waals surface area contributed by atoms with Gasteiger partial charge in [0, 0.05) is 0 Å². The number of benzene rings is 1. The van der Waals surface area contributed by atoms with Crippen LogP contribution in [0.15, 0.2) is 24.3 Å². The SMILES string of the molecule is Cc1ccccc1[C@@H](C)C[C@@H](O)CO. The average Bonchev–Trinajstić information content (AvgIpc) is 2.18. The smallest absolute Gasteiger partial charge is 0.0776 e. The van der Waals surface area contributed by atoms with Crippen LogP contribution in [0.2, 0.25) is 0 Å². The van der Waals surface area contributed by atoms with Crippen molar-refractivity contribution in [1.29, 1.82) is 0 Å². The molecule has 0 heterocycles. The lowest BCUT2D eigenvalue weighted by Gasteiger charge is -2.16. The van der Waals surface area contributed by atoms with Gasteiger partial charge in [-0.2, -0.15) is 0 Å². The van der Waals surface area contributed by atoms with E-state index >= 15 is 0 Å². The molecule has 0 aliphatic rings. The zero-order valence-corrected chi connectivity index (χ0v) is 8.77. The first-order valence-corrected chi connectivity index (χ1v) is 4.99. The van der Waals surface area contributed by atoms with Crippen LogP contribution in [0, 0.1) is 6.92 Å². The lowest BCUT2D eigenvalue weighted by Crippen LogP contribution is -2.15. The molecule has 0 aromatic heterocycles. The predicted molar refractivity (Wildman–Crippen MR) is 57.3 cm³/mol. The molecule has 0 spiro atoms. The van der Waals surface area contributed by atoms with Gasteiger partial charge in [0.05, 0.1) is 12.7 Å². The van der Waals surface area contributed by atoms with Gasteiger partial charge in [-0.25, -0.2) is 0 Å². The van der Waals surface area contributed by atoms with Gasteiger partial charge in [0.2, 0.25) is 0 Å². The van der Waals surface area contributed by atoms with Crippen LogP contribution < -0.4 is 0 Å². The van der Waals surface area contributed by atoms with E-state index in [0.717, 1.165) is 0 Å². The van der Waals surface area contributed by atoms with E-state index in [4.69, 9.17) is 5.11 Å². The predicted octanol–water partition coefficient (Wildman–Crippen LogP) is 1.84. The summed E-state index contributed by atoms with van der Waals surface area (Å²) in [5.41, 5.74) is 2.49. The highest BCUT2D eigenvalue weighted by Gasteiger charge is 2.12. The van der Waals surface area contributed by atoms with Gasteiger partial charge in [-0.3, -0.25) is 0 Å². The fourth-order valence-corrected chi connectivity index (χ4v) is 1.75. The van der Waals surface area contributed by atoms with E-state index < -0.39 is 6.10 Å². The van der Waals surface area contributed by atoms with E-state index in [2.05, 4.69) is 26.0 Å². The molecule has 0 unspecified atom stereocenters. The molecule has 2 nitrogen and oxygen atoms in total. The van der Waals surface area contributed by atoms with Gasteiger partial charge in [-0.1, -0.05) is 31.2 Å². The number of rotatable bonds is 4. The van der Waals surface area contributed by atoms with E-state index in [1.165, 1.54) is 11.1 Å². The fourth-order valence-electron chi connectivity index (χ4n) is 1.75. The first kappa shape index (κ1) is 11.2. The highest BCUT2D eigenvalue weighted by atomic mass is 16.3. The van der Waals surface area contributed by atoms with Crippen molar-refractivity contribution in [3.63, 3.8) is 0 Å². The molecule has 0 radical (unpaired) electrons. The third-order valence-electron chi connectivity index (χ3n) is 2.56. The van der Waals surface area contributed by atoms with Crippen molar-refractivity contribution >= 4 is 0 Å². The molecule has 0 bridgehead atoms. The van der Waals surface area contributed by atoms with Crippen molar-refractivity contribution in [2.75, 3.05) is 6.61 Å². The molecule has 2 atom stereocenters. The zero-order valence-electron chi connectivity index (χ0n) is 8.77. The van der Waals surface area contributed by atoms with Gasteiger partial charge in [0.25, 0.3) is 0 Å². The van der Waals surface area contributed by atoms with E-state index in [0.29, 0.717) is 12.3 Å². The summed E-state index contributed by atoms with van der Waals surface area (Å²) < 4.78 is 0. The summed E-state index contributed by atoms with van der Waals surface area (Å²) in [5.74, 6) is 0.290. The Morgan fingerprint density at radius 2 is 1.93 bits per heavy atom. The summed E-state index contributed by atoms with van der Waals surface area (Å²) in [4.78, 5) is 0. The summed E-state index contributed by atoms with van der Waals surface area (Å²) >= 11 is 0. The molecule has 0 aliphatic heterocycles. The van der Waals surface area contributed by atoms with E-state index in [1.54, 1.807) is 0 Å². The number of aryl methyl sites for hydroxylation is 1. The van der Waals surface area contributed by atoms with Crippen LogP contribution in [0.4, 0.5) is 0 Å². The van der Waals surface area contributed by atoms with Crippen molar-refractivity contribution in [1.82, 2.24) is 0 Å². The second-order valence-corrected chi connectivity index (χ2v) is 3.83. The van der Waals surface area contributed by atoms with Crippen LogP contribution in [0.25, 0.3) is 0 Å². The molecule has 1 aromatic carbocycles. The van der Waals surface area contributed by atoms with Gasteiger partial charge in [-0.05, 0) is 30.4 Å². The van der Waals surface area contributed by atoms with Crippen molar-refractivity contribution in [2.45, 2.75) is 32.3 Å². The topological polar surface area (TPSA) is 40.5 Å². The van der Waals surface area contributed by atoms with Gasteiger partial charge in [-0.15, -0.1) is 0 Å². The molecule has 0 saturated heterocycles. The molecular weight excluding hydrogens is 176 g/mol. The lowest BCUT2D eigenvalue weighted by molar-refractivity contribution is 0.0835. The summed E-state index contributed by atoms with van der Waals surface area (Å²) in [6, 6.07) is 8.15. The average molecular weight is 194 g/mol. The van der Waals surface area contributed by atoms with Crippen LogP contribution in [0.5, 0.6) is 0 Å². The van der Waals surface area contributed by atoms with Gasteiger partial charge in [0.1, 0.15) is 0 Å². The Bertz CT molecular complexity index is 283. The number of aliphatic hydroxyl groups is 2. The maximum absolute atomic E-state index is 9.33. The molecule has 1 aromatic rings. The summed E-state index contributed by atoms with van der Waals surface area (Å²) in [7, 11) is 0. The Morgan fingerprint density at radius 1 is 1.29 bits per heavy atom. The Hall–Kier alpha value is -0.860. The molecular formula is C12H18O2. The van der Waals surface area contributed by atoms with Crippen LogP contribution in [0.1, 0.15) is 30.4 Å². The third-order valence-corrected chi connectivity index (χ3v) is 2.56. The Kier molecular flexibility index (Phi) is 4.11. The molecule has 2 heteroatoms. The van der Waals surface area contributed by atoms with Crippen molar-refractivity contribution in [3.8, 4) is 0 Å². The second-order valence-electron chi connectivity index (χ2n) is 3.83. The van der Waals surface area contributed by atoms with Gasteiger partial charge >= 0.3 is 0 Å². The second kappa shape index (κ2) is 5.13. The highest BCUT2D eigenvalue weighted by molar-refractivity contribution is 5.28. The Morgan fingerprint density at radius 3 is 2.50 bits per heavy atom. The van der Waals surface area contributed by atoms with Crippen LogP contribution in [-0.4, -0.2) is 22.9 Å². The summed E-state index contributed by atoms with van der Waals surface area (Å²) in [6.07, 6.45) is 0.00561. The van der Waals surface area contributed by atoms with Gasteiger partial charge in [0.15, 0.2) is 0 Å². The Balaban J connectivity index is 2.69. The molecule has 2 N–H and O–H groups in total. The van der Waals surface area contributed by atoms with Crippen LogP contribution in [-0.2, 0) is 0 Å². The Labute approximate surface area is 85.2 Å². The summed E-state index contributed by atoms with van der Waals surface area (Å²) in [5, 5.41) is 18.1. The minimum Gasteiger partial charge on any atom is -0.394 e. The van der Waals surface area contributed by atoms with Crippen molar-refractivity contribution in [2.24, 2.45) is 0 Å². The maximum atomic E-state index is 9.33. The molecule has 1 rings (SSSR count). The molecule has 0 amide bonds. The normalized spacial score (nSPS) is 15.1. The standard InChI is InChI=1S/C12H18O2/c1-9-5-3-4-6-12(9)10(2)7-11(14)8-13/h3-6,10-11,13-14H,7-8H2,1-2H3/t10-,11+/m0/s1. The van der Waals surface area contributed by atoms with Crippen LogP contribution >= 0.6 is 0 Å². The summed E-state index contributed by atoms with van der Waals surface area (Å²) in [6.45, 7) is 3.98. The van der Waals surface area contributed by atoms with E-state index in [-0.39, 0.29) is 6.61 Å². The van der Waals surface area contributed by atoms with E-state index in [9.17, 15) is 5.11 Å². The highest BCUT2D eigenvalue weighted by Crippen LogP contribution is 2.23. The zero-order chi connectivity index (χ0) is 10.6. The minimum atomic E-state index is -0.607. The maximum Gasteiger partial charge on any atom is 0.0776 e. The number of aliphatic hydroxyl groups excluding tert-OH is 2. The monoisotopic (exact) mass is 194 g/mol. The largest absolute Gasteiger partial charge is 0.394 e. The first-order valence-electron chi connectivity index (χ1n) is 4.99. The van der Waals surface area contributed by atoms with Gasteiger partial charge < -0.3 is 10.2 Å². The number of hydrogen-bond acceptors (Lipinski definition) is 2. The van der Waals surface area contributed by atoms with Crippen molar-refractivity contribution < 1.29 is 10.2 Å². The van der Waals surface area contributed by atoms with E-state index in [1.807, 2.05) is 12.1 Å². The van der Waals surface area contributed by atoms with Crippen molar-refractivity contribution in [3.05, 3.63) is 35.4 Å². The van der Waals surface area contributed by atoms with Crippen LogP contribution in [0.3, 0.4) is 0 Å². The molecule has 0 aliphatic carbocycles. The molecule has 78 valence electrons. The quantitative estimate of drug-likeness (QED) is 0.767. The molecule has 14 heavy (non-hydrogen) atoms. The lowest BCUT2D eigenvalue weighted by atomic mass is 9.92. The fraction of sp³-hybridized carbons (Fsp3) is 0.500. The number of hydrogen-bond donors (Lipinski definition) is 2. The minimum absolute atomic E-state index is 0.157. The molecule has 0 saturated carbocycles. The third kappa shape index (κ3) is 2.82.